The van der Waals surface area contributed by atoms with E-state index in [2.05, 4.69) is 39.9 Å². The molecule has 3 N–H and O–H groups in total. The lowest BCUT2D eigenvalue weighted by molar-refractivity contribution is -0.119. The molecule has 1 aromatic rings. The molecule has 0 spiro atoms. The molecule has 0 radical (unpaired) electrons. The van der Waals surface area contributed by atoms with Crippen LogP contribution in [0.2, 0.25) is 0 Å². The van der Waals surface area contributed by atoms with Gasteiger partial charge in [-0.15, -0.1) is 0 Å². The average molecular weight is 323 g/mol. The van der Waals surface area contributed by atoms with Gasteiger partial charge in [-0.3, -0.25) is 4.79 Å². The molecule has 130 valence electrons. The average Bonchev–Trinajstić information content (AvgIpc) is 3.00. The summed E-state index contributed by atoms with van der Waals surface area (Å²) < 4.78 is 5.37. The van der Waals surface area contributed by atoms with Gasteiger partial charge in [-0.05, 0) is 26.7 Å². The topological polar surface area (TPSA) is 91.5 Å². The van der Waals surface area contributed by atoms with E-state index in [4.69, 9.17) is 4.52 Å². The normalized spacial score (nSPS) is 11.6. The molecule has 0 atom stereocenters. The van der Waals surface area contributed by atoms with Gasteiger partial charge >= 0.3 is 0 Å². The number of carbonyl (C=O) groups excluding carboxylic acids is 1. The van der Waals surface area contributed by atoms with Gasteiger partial charge in [0.2, 0.25) is 5.91 Å². The minimum atomic E-state index is -0.0969. The van der Waals surface area contributed by atoms with Gasteiger partial charge in [0.15, 0.2) is 11.7 Å². The second-order valence-corrected chi connectivity index (χ2v) is 5.23. The third-order valence-electron chi connectivity index (χ3n) is 3.51. The first kappa shape index (κ1) is 19.0. The number of carbonyl (C=O) groups is 1. The maximum Gasteiger partial charge on any atom is 0.241 e. The van der Waals surface area contributed by atoms with Crippen molar-refractivity contribution in [2.45, 2.75) is 53.0 Å². The van der Waals surface area contributed by atoms with Crippen molar-refractivity contribution in [3.63, 3.8) is 0 Å². The Morgan fingerprint density at radius 1 is 1.17 bits per heavy atom. The van der Waals surface area contributed by atoms with Crippen LogP contribution < -0.4 is 16.0 Å². The highest BCUT2D eigenvalue weighted by Gasteiger charge is 2.13. The summed E-state index contributed by atoms with van der Waals surface area (Å²) >= 11 is 0. The molecule has 1 aromatic heterocycles. The van der Waals surface area contributed by atoms with E-state index in [1.165, 1.54) is 0 Å². The second-order valence-electron chi connectivity index (χ2n) is 5.23. The van der Waals surface area contributed by atoms with Gasteiger partial charge in [0.1, 0.15) is 6.54 Å². The van der Waals surface area contributed by atoms with Gasteiger partial charge in [0.05, 0.1) is 12.2 Å². The maximum absolute atomic E-state index is 11.5. The molecular weight excluding hydrogens is 294 g/mol. The van der Waals surface area contributed by atoms with Gasteiger partial charge in [0, 0.05) is 25.1 Å². The third-order valence-corrected chi connectivity index (χ3v) is 3.51. The number of guanidine groups is 1. The SMILES string of the molecule is CCNC(=O)CN=C(NCC)NCc1cc(C(CC)CC)no1. The summed E-state index contributed by atoms with van der Waals surface area (Å²) in [7, 11) is 0. The molecular formula is C16H29N5O2. The van der Waals surface area contributed by atoms with Crippen LogP contribution in [0.1, 0.15) is 57.9 Å². The summed E-state index contributed by atoms with van der Waals surface area (Å²) in [5.41, 5.74) is 0.996. The monoisotopic (exact) mass is 323 g/mol. The molecule has 0 fully saturated rings. The number of amides is 1. The van der Waals surface area contributed by atoms with Crippen LogP contribution >= 0.6 is 0 Å². The molecule has 0 aromatic carbocycles. The summed E-state index contributed by atoms with van der Waals surface area (Å²) in [6, 6.07) is 1.98. The van der Waals surface area contributed by atoms with E-state index in [1.807, 2.05) is 19.9 Å². The lowest BCUT2D eigenvalue weighted by atomic mass is 9.99. The Bertz CT molecular complexity index is 494. The van der Waals surface area contributed by atoms with Crippen LogP contribution in [0.4, 0.5) is 0 Å². The van der Waals surface area contributed by atoms with Crippen LogP contribution in [0.25, 0.3) is 0 Å². The molecule has 7 heteroatoms. The highest BCUT2D eigenvalue weighted by atomic mass is 16.5. The molecule has 0 saturated heterocycles. The minimum Gasteiger partial charge on any atom is -0.359 e. The zero-order valence-corrected chi connectivity index (χ0v) is 14.6. The van der Waals surface area contributed by atoms with Crippen LogP contribution in [0.5, 0.6) is 0 Å². The van der Waals surface area contributed by atoms with Crippen LogP contribution in [0.3, 0.4) is 0 Å². The van der Waals surface area contributed by atoms with Gasteiger partial charge in [-0.1, -0.05) is 19.0 Å². The zero-order chi connectivity index (χ0) is 17.1. The lowest BCUT2D eigenvalue weighted by Gasteiger charge is -2.09. The zero-order valence-electron chi connectivity index (χ0n) is 14.6. The summed E-state index contributed by atoms with van der Waals surface area (Å²) in [4.78, 5) is 15.7. The first-order chi connectivity index (χ1) is 11.1. The number of nitrogens with one attached hydrogen (secondary N) is 3. The highest BCUT2D eigenvalue weighted by molar-refractivity contribution is 5.84. The number of rotatable bonds is 9. The fourth-order valence-corrected chi connectivity index (χ4v) is 2.23. The van der Waals surface area contributed by atoms with Crippen LogP contribution in [-0.4, -0.2) is 36.7 Å². The second kappa shape index (κ2) is 10.6. The predicted octanol–water partition coefficient (Wildman–Crippen LogP) is 1.77. The molecule has 23 heavy (non-hydrogen) atoms. The smallest absolute Gasteiger partial charge is 0.241 e. The standard InChI is InChI=1S/C16H29N5O2/c1-5-12(6-2)14-9-13(23-21-14)10-19-16(18-8-4)20-11-15(22)17-7-3/h9,12H,5-8,10-11H2,1-4H3,(H,17,22)(H2,18,19,20). The van der Waals surface area contributed by atoms with Crippen molar-refractivity contribution >= 4 is 11.9 Å². The van der Waals surface area contributed by atoms with Gasteiger partial charge in [0.25, 0.3) is 0 Å². The Labute approximate surface area is 138 Å². The summed E-state index contributed by atoms with van der Waals surface area (Å²) in [5, 5.41) is 13.1. The fourth-order valence-electron chi connectivity index (χ4n) is 2.23. The third kappa shape index (κ3) is 6.71. The first-order valence-corrected chi connectivity index (χ1v) is 8.38. The van der Waals surface area contributed by atoms with E-state index >= 15 is 0 Å². The molecule has 1 amide bonds. The van der Waals surface area contributed by atoms with E-state index in [1.54, 1.807) is 0 Å². The van der Waals surface area contributed by atoms with Crippen molar-refractivity contribution in [1.29, 1.82) is 0 Å². The van der Waals surface area contributed by atoms with Gasteiger partial charge < -0.3 is 20.5 Å². The van der Waals surface area contributed by atoms with E-state index < -0.39 is 0 Å². The number of hydrogen-bond acceptors (Lipinski definition) is 4. The van der Waals surface area contributed by atoms with Gasteiger partial charge in [-0.25, -0.2) is 4.99 Å². The minimum absolute atomic E-state index is 0.0958. The number of likely N-dealkylation sites (N-methyl/N-ethyl adjacent to an activating group) is 1. The number of nitrogens with zero attached hydrogens (tertiary/aromatic N) is 2. The van der Waals surface area contributed by atoms with Crippen molar-refractivity contribution < 1.29 is 9.32 Å². The van der Waals surface area contributed by atoms with Crippen molar-refractivity contribution in [3.05, 3.63) is 17.5 Å². The van der Waals surface area contributed by atoms with E-state index in [-0.39, 0.29) is 12.5 Å². The number of hydrogen-bond donors (Lipinski definition) is 3. The summed E-state index contributed by atoms with van der Waals surface area (Å²) in [5.74, 6) is 1.68. The van der Waals surface area contributed by atoms with Gasteiger partial charge in [-0.2, -0.15) is 0 Å². The Morgan fingerprint density at radius 2 is 1.87 bits per heavy atom. The van der Waals surface area contributed by atoms with E-state index in [0.29, 0.717) is 25.0 Å². The fraction of sp³-hybridized carbons (Fsp3) is 0.688. The molecule has 0 bridgehead atoms. The van der Waals surface area contributed by atoms with Crippen molar-refractivity contribution in [2.75, 3.05) is 19.6 Å². The predicted molar refractivity (Wildman–Crippen MR) is 91.3 cm³/mol. The largest absolute Gasteiger partial charge is 0.359 e. The molecule has 0 aliphatic heterocycles. The highest BCUT2D eigenvalue weighted by Crippen LogP contribution is 2.22. The summed E-state index contributed by atoms with van der Waals surface area (Å²) in [6.07, 6.45) is 2.10. The van der Waals surface area contributed by atoms with Crippen LogP contribution in [0.15, 0.2) is 15.6 Å². The molecule has 1 heterocycles. The quantitative estimate of drug-likeness (QED) is 0.476. The van der Waals surface area contributed by atoms with E-state index in [9.17, 15) is 4.79 Å². The van der Waals surface area contributed by atoms with Crippen molar-refractivity contribution in [2.24, 2.45) is 4.99 Å². The van der Waals surface area contributed by atoms with Crippen LogP contribution in [0, 0.1) is 0 Å². The first-order valence-electron chi connectivity index (χ1n) is 8.38. The maximum atomic E-state index is 11.5. The Kier molecular flexibility index (Phi) is 8.79. The molecule has 0 aliphatic carbocycles. The Hall–Kier alpha value is -2.05. The molecule has 7 nitrogen and oxygen atoms in total. The summed E-state index contributed by atoms with van der Waals surface area (Å²) in [6.45, 7) is 10.1. The van der Waals surface area contributed by atoms with E-state index in [0.717, 1.165) is 30.8 Å². The Morgan fingerprint density at radius 3 is 2.48 bits per heavy atom. The molecule has 0 saturated carbocycles. The van der Waals surface area contributed by atoms with Crippen molar-refractivity contribution in [3.8, 4) is 0 Å². The molecule has 0 unspecified atom stereocenters. The lowest BCUT2D eigenvalue weighted by Crippen LogP contribution is -2.38. The molecule has 1 rings (SSSR count). The molecule has 0 aliphatic rings. The number of aromatic nitrogens is 1. The van der Waals surface area contributed by atoms with Crippen LogP contribution in [-0.2, 0) is 11.3 Å². The Balaban J connectivity index is 2.58. The van der Waals surface area contributed by atoms with Crippen molar-refractivity contribution in [1.82, 2.24) is 21.1 Å². The number of aliphatic imine (C=N–C) groups is 1.